The Labute approximate surface area is 171 Å². The second-order valence-electron chi connectivity index (χ2n) is 7.77. The SMILES string of the molecule is C=CCN1C[C@H](c2nc3ccccc3n2CCOc2cc(C)cc(C)c2)CC1=O. The lowest BCUT2D eigenvalue weighted by atomic mass is 10.1. The average Bonchev–Trinajstić information content (AvgIpc) is 3.22. The average molecular weight is 389 g/mol. The van der Waals surface area contributed by atoms with Crippen LogP contribution in [0, 0.1) is 13.8 Å². The normalized spacial score (nSPS) is 16.6. The van der Waals surface area contributed by atoms with Crippen molar-refractivity contribution in [3.05, 3.63) is 72.1 Å². The minimum atomic E-state index is 0.0936. The first-order valence-electron chi connectivity index (χ1n) is 10.1. The van der Waals surface area contributed by atoms with Crippen LogP contribution in [-0.2, 0) is 11.3 Å². The molecule has 3 aromatic rings. The lowest BCUT2D eigenvalue weighted by Crippen LogP contribution is -2.25. The summed E-state index contributed by atoms with van der Waals surface area (Å²) in [5.74, 6) is 2.12. The minimum Gasteiger partial charge on any atom is -0.492 e. The Morgan fingerprint density at radius 1 is 1.21 bits per heavy atom. The number of ether oxygens (including phenoxy) is 1. The van der Waals surface area contributed by atoms with E-state index < -0.39 is 0 Å². The number of amides is 1. The number of benzene rings is 2. The molecule has 0 N–H and O–H groups in total. The number of aromatic nitrogens is 2. The van der Waals surface area contributed by atoms with Gasteiger partial charge < -0.3 is 14.2 Å². The topological polar surface area (TPSA) is 47.4 Å². The lowest BCUT2D eigenvalue weighted by Gasteiger charge is -2.16. The lowest BCUT2D eigenvalue weighted by molar-refractivity contribution is -0.127. The zero-order valence-electron chi connectivity index (χ0n) is 17.1. The fourth-order valence-corrected chi connectivity index (χ4v) is 4.19. The van der Waals surface area contributed by atoms with Crippen LogP contribution in [0.4, 0.5) is 0 Å². The van der Waals surface area contributed by atoms with Crippen molar-refractivity contribution in [1.82, 2.24) is 14.5 Å². The number of nitrogens with zero attached hydrogens (tertiary/aromatic N) is 3. The summed E-state index contributed by atoms with van der Waals surface area (Å²) in [6, 6.07) is 14.4. The molecule has 0 bridgehead atoms. The van der Waals surface area contributed by atoms with Crippen molar-refractivity contribution in [2.45, 2.75) is 32.7 Å². The van der Waals surface area contributed by atoms with E-state index in [2.05, 4.69) is 49.3 Å². The van der Waals surface area contributed by atoms with Gasteiger partial charge in [0.25, 0.3) is 0 Å². The summed E-state index contributed by atoms with van der Waals surface area (Å²) in [5.41, 5.74) is 4.44. The number of hydrogen-bond acceptors (Lipinski definition) is 3. The molecule has 4 rings (SSSR count). The second kappa shape index (κ2) is 8.11. The summed E-state index contributed by atoms with van der Waals surface area (Å²) < 4.78 is 8.26. The highest BCUT2D eigenvalue weighted by atomic mass is 16.5. The third-order valence-corrected chi connectivity index (χ3v) is 5.39. The highest BCUT2D eigenvalue weighted by molar-refractivity contribution is 5.81. The zero-order valence-corrected chi connectivity index (χ0v) is 17.1. The molecule has 5 nitrogen and oxygen atoms in total. The third kappa shape index (κ3) is 4.04. The number of rotatable bonds is 7. The Morgan fingerprint density at radius 3 is 2.72 bits per heavy atom. The van der Waals surface area contributed by atoms with E-state index in [0.29, 0.717) is 32.7 Å². The molecule has 29 heavy (non-hydrogen) atoms. The number of imidazole rings is 1. The van der Waals surface area contributed by atoms with E-state index in [1.54, 1.807) is 6.08 Å². The highest BCUT2D eigenvalue weighted by Crippen LogP contribution is 2.30. The summed E-state index contributed by atoms with van der Waals surface area (Å²) in [4.78, 5) is 19.1. The van der Waals surface area contributed by atoms with Crippen LogP contribution in [0.2, 0.25) is 0 Å². The first-order valence-corrected chi connectivity index (χ1v) is 10.1. The maximum Gasteiger partial charge on any atom is 0.223 e. The molecule has 5 heteroatoms. The number of carbonyl (C=O) groups excluding carboxylic acids is 1. The monoisotopic (exact) mass is 389 g/mol. The summed E-state index contributed by atoms with van der Waals surface area (Å²) >= 11 is 0. The van der Waals surface area contributed by atoms with Gasteiger partial charge in [-0.15, -0.1) is 6.58 Å². The predicted molar refractivity (Wildman–Crippen MR) is 115 cm³/mol. The first-order chi connectivity index (χ1) is 14.0. The third-order valence-electron chi connectivity index (χ3n) is 5.39. The van der Waals surface area contributed by atoms with Gasteiger partial charge >= 0.3 is 0 Å². The fraction of sp³-hybridized carbons (Fsp3) is 0.333. The quantitative estimate of drug-likeness (QED) is 0.568. The molecule has 1 fully saturated rings. The molecule has 2 aromatic carbocycles. The highest BCUT2D eigenvalue weighted by Gasteiger charge is 2.33. The van der Waals surface area contributed by atoms with Crippen molar-refractivity contribution in [1.29, 1.82) is 0 Å². The molecule has 0 unspecified atom stereocenters. The molecule has 0 saturated carbocycles. The van der Waals surface area contributed by atoms with Gasteiger partial charge in [-0.3, -0.25) is 4.79 Å². The minimum absolute atomic E-state index is 0.0936. The van der Waals surface area contributed by atoms with Gasteiger partial charge in [-0.1, -0.05) is 24.3 Å². The number of likely N-dealkylation sites (tertiary alicyclic amines) is 1. The Bertz CT molecular complexity index is 1030. The molecular weight excluding hydrogens is 362 g/mol. The summed E-state index contributed by atoms with van der Waals surface area (Å²) in [7, 11) is 0. The van der Waals surface area contributed by atoms with Crippen molar-refractivity contribution in [2.75, 3.05) is 19.7 Å². The van der Waals surface area contributed by atoms with E-state index in [4.69, 9.17) is 9.72 Å². The van der Waals surface area contributed by atoms with Crippen LogP contribution in [-0.4, -0.2) is 40.1 Å². The zero-order chi connectivity index (χ0) is 20.4. The van der Waals surface area contributed by atoms with E-state index in [-0.39, 0.29) is 11.8 Å². The molecule has 1 aliphatic heterocycles. The molecule has 1 saturated heterocycles. The maximum absolute atomic E-state index is 12.4. The molecule has 0 spiro atoms. The molecule has 150 valence electrons. The largest absolute Gasteiger partial charge is 0.492 e. The molecule has 2 heterocycles. The summed E-state index contributed by atoms with van der Waals surface area (Å²) in [6.07, 6.45) is 2.27. The van der Waals surface area contributed by atoms with Crippen LogP contribution < -0.4 is 4.74 Å². The number of hydrogen-bond donors (Lipinski definition) is 0. The van der Waals surface area contributed by atoms with Crippen molar-refractivity contribution in [3.8, 4) is 5.75 Å². The van der Waals surface area contributed by atoms with E-state index in [9.17, 15) is 4.79 Å². The second-order valence-corrected chi connectivity index (χ2v) is 7.77. The Balaban J connectivity index is 1.57. The number of para-hydroxylation sites is 2. The van der Waals surface area contributed by atoms with Gasteiger partial charge in [-0.25, -0.2) is 4.98 Å². The Hall–Kier alpha value is -3.08. The number of carbonyl (C=O) groups is 1. The van der Waals surface area contributed by atoms with Crippen molar-refractivity contribution in [2.24, 2.45) is 0 Å². The van der Waals surface area contributed by atoms with Gasteiger partial charge in [-0.2, -0.15) is 0 Å². The smallest absolute Gasteiger partial charge is 0.223 e. The summed E-state index contributed by atoms with van der Waals surface area (Å²) in [6.45, 7) is 10.4. The van der Waals surface area contributed by atoms with Crippen LogP contribution in [0.5, 0.6) is 5.75 Å². The molecule has 0 radical (unpaired) electrons. The Morgan fingerprint density at radius 2 is 1.97 bits per heavy atom. The predicted octanol–water partition coefficient (Wildman–Crippen LogP) is 4.23. The molecule has 0 aliphatic carbocycles. The molecule has 1 atom stereocenters. The standard InChI is InChI=1S/C24H27N3O2/c1-4-9-26-16-19(15-23(26)28)24-25-21-7-5-6-8-22(21)27(24)10-11-29-20-13-17(2)12-18(3)14-20/h4-8,12-14,19H,1,9-11,15-16H2,2-3H3/t19-/m1/s1. The number of fused-ring (bicyclic) bond motifs is 1. The molecule has 1 amide bonds. The van der Waals surface area contributed by atoms with E-state index in [1.807, 2.05) is 23.1 Å². The first kappa shape index (κ1) is 19.2. The van der Waals surface area contributed by atoms with Gasteiger partial charge in [0.2, 0.25) is 5.91 Å². The maximum atomic E-state index is 12.4. The van der Waals surface area contributed by atoms with Crippen molar-refractivity contribution < 1.29 is 9.53 Å². The van der Waals surface area contributed by atoms with Crippen LogP contribution in [0.25, 0.3) is 11.0 Å². The summed E-state index contributed by atoms with van der Waals surface area (Å²) in [5, 5.41) is 0. The van der Waals surface area contributed by atoms with Gasteiger partial charge in [0, 0.05) is 25.4 Å². The van der Waals surface area contributed by atoms with Gasteiger partial charge in [0.05, 0.1) is 17.6 Å². The van der Waals surface area contributed by atoms with Crippen LogP contribution >= 0.6 is 0 Å². The van der Waals surface area contributed by atoms with Gasteiger partial charge in [-0.05, 0) is 49.2 Å². The van der Waals surface area contributed by atoms with E-state index in [1.165, 1.54) is 11.1 Å². The van der Waals surface area contributed by atoms with Gasteiger partial charge in [0.1, 0.15) is 18.2 Å². The van der Waals surface area contributed by atoms with Crippen molar-refractivity contribution >= 4 is 16.9 Å². The van der Waals surface area contributed by atoms with Gasteiger partial charge in [0.15, 0.2) is 0 Å². The fourth-order valence-electron chi connectivity index (χ4n) is 4.19. The van der Waals surface area contributed by atoms with Crippen molar-refractivity contribution in [3.63, 3.8) is 0 Å². The molecule has 1 aromatic heterocycles. The Kier molecular flexibility index (Phi) is 5.38. The molecule has 1 aliphatic rings. The van der Waals surface area contributed by atoms with Crippen LogP contribution in [0.3, 0.4) is 0 Å². The van der Waals surface area contributed by atoms with E-state index >= 15 is 0 Å². The van der Waals surface area contributed by atoms with E-state index in [0.717, 1.165) is 22.6 Å². The molecular formula is C24H27N3O2. The van der Waals surface area contributed by atoms with Crippen LogP contribution in [0.15, 0.2) is 55.1 Å². The van der Waals surface area contributed by atoms with Crippen LogP contribution in [0.1, 0.15) is 29.3 Å². The number of aryl methyl sites for hydroxylation is 2.